The third kappa shape index (κ3) is 6.76. The third-order valence-corrected chi connectivity index (χ3v) is 4.11. The van der Waals surface area contributed by atoms with Crippen molar-refractivity contribution in [2.75, 3.05) is 23.9 Å². The van der Waals surface area contributed by atoms with E-state index in [9.17, 15) is 14.0 Å². The van der Waals surface area contributed by atoms with Crippen LogP contribution in [0.5, 0.6) is 5.75 Å². The smallest absolute Gasteiger partial charge is 0.258 e. The Bertz CT molecular complexity index is 728. The number of ether oxygens (including phenoxy) is 1. The average molecular weight is 376 g/mol. The Morgan fingerprint density at radius 1 is 1.15 bits per heavy atom. The largest absolute Gasteiger partial charge is 0.484 e. The van der Waals surface area contributed by atoms with E-state index in [1.807, 2.05) is 12.3 Å². The van der Waals surface area contributed by atoms with Crippen LogP contribution in [-0.4, -0.2) is 36.5 Å². The van der Waals surface area contributed by atoms with Crippen molar-refractivity contribution in [3.63, 3.8) is 0 Å². The number of halogens is 1. The third-order valence-electron chi connectivity index (χ3n) is 3.47. The van der Waals surface area contributed by atoms with Gasteiger partial charge in [-0.2, -0.15) is 11.8 Å². The van der Waals surface area contributed by atoms with Crippen LogP contribution in [0.1, 0.15) is 6.42 Å². The molecule has 0 unspecified atom stereocenters. The van der Waals surface area contributed by atoms with Gasteiger partial charge in [-0.05, 0) is 48.8 Å². The van der Waals surface area contributed by atoms with Crippen LogP contribution in [0.25, 0.3) is 0 Å². The van der Waals surface area contributed by atoms with Crippen LogP contribution >= 0.6 is 11.8 Å². The van der Waals surface area contributed by atoms with Gasteiger partial charge in [-0.1, -0.05) is 24.3 Å². The number of amides is 2. The topological polar surface area (TPSA) is 67.4 Å². The number of carbonyl (C=O) groups excluding carboxylic acids is 2. The van der Waals surface area contributed by atoms with Crippen molar-refractivity contribution in [3.8, 4) is 5.75 Å². The van der Waals surface area contributed by atoms with Crippen molar-refractivity contribution in [2.45, 2.75) is 12.5 Å². The van der Waals surface area contributed by atoms with Gasteiger partial charge in [0.25, 0.3) is 5.91 Å². The summed E-state index contributed by atoms with van der Waals surface area (Å²) in [6, 6.07) is 13.8. The lowest BCUT2D eigenvalue weighted by Crippen LogP contribution is -2.45. The van der Waals surface area contributed by atoms with Crippen LogP contribution in [0, 0.1) is 5.82 Å². The molecule has 138 valence electrons. The Hall–Kier alpha value is -2.54. The predicted molar refractivity (Wildman–Crippen MR) is 102 cm³/mol. The normalized spacial score (nSPS) is 11.5. The first-order valence-electron chi connectivity index (χ1n) is 8.11. The first-order valence-corrected chi connectivity index (χ1v) is 9.50. The number of hydrogen-bond acceptors (Lipinski definition) is 4. The van der Waals surface area contributed by atoms with Gasteiger partial charge in [-0.15, -0.1) is 0 Å². The van der Waals surface area contributed by atoms with E-state index in [2.05, 4.69) is 10.6 Å². The minimum absolute atomic E-state index is 0.187. The summed E-state index contributed by atoms with van der Waals surface area (Å²) < 4.78 is 18.6. The second-order valence-corrected chi connectivity index (χ2v) is 6.49. The molecule has 2 aromatic rings. The fraction of sp³-hybridized carbons (Fsp3) is 0.263. The first-order chi connectivity index (χ1) is 12.6. The second kappa shape index (κ2) is 10.5. The predicted octanol–water partition coefficient (Wildman–Crippen LogP) is 3.08. The lowest BCUT2D eigenvalue weighted by molar-refractivity contribution is -0.127. The Morgan fingerprint density at radius 3 is 2.62 bits per heavy atom. The van der Waals surface area contributed by atoms with Gasteiger partial charge in [-0.25, -0.2) is 4.39 Å². The van der Waals surface area contributed by atoms with Crippen molar-refractivity contribution in [1.29, 1.82) is 0 Å². The van der Waals surface area contributed by atoms with Crippen LogP contribution in [0.15, 0.2) is 54.6 Å². The maximum absolute atomic E-state index is 13.3. The van der Waals surface area contributed by atoms with Gasteiger partial charge in [0.05, 0.1) is 0 Å². The molecule has 5 nitrogen and oxygen atoms in total. The highest BCUT2D eigenvalue weighted by Crippen LogP contribution is 2.11. The number of para-hydroxylation sites is 1. The molecule has 0 heterocycles. The summed E-state index contributed by atoms with van der Waals surface area (Å²) in [5.74, 6) is 0.0458. The quantitative estimate of drug-likeness (QED) is 0.706. The monoisotopic (exact) mass is 376 g/mol. The minimum atomic E-state index is -0.724. The number of rotatable bonds is 9. The molecule has 26 heavy (non-hydrogen) atoms. The summed E-state index contributed by atoms with van der Waals surface area (Å²) >= 11 is 1.57. The fourth-order valence-electron chi connectivity index (χ4n) is 2.20. The van der Waals surface area contributed by atoms with E-state index in [4.69, 9.17) is 4.74 Å². The van der Waals surface area contributed by atoms with Gasteiger partial charge in [0.15, 0.2) is 6.61 Å². The Balaban J connectivity index is 1.92. The molecule has 0 radical (unpaired) electrons. The molecule has 0 aromatic heterocycles. The van der Waals surface area contributed by atoms with E-state index in [0.29, 0.717) is 23.6 Å². The molecule has 0 saturated carbocycles. The summed E-state index contributed by atoms with van der Waals surface area (Å²) in [5, 5.41) is 5.30. The average Bonchev–Trinajstić information content (AvgIpc) is 2.64. The standard InChI is InChI=1S/C19H21FN2O3S/c1-26-11-10-17(19(24)21-15-7-5-6-14(20)12-15)22-18(23)13-25-16-8-3-2-4-9-16/h2-9,12,17H,10-11,13H2,1H3,(H,21,24)(H,22,23)/t17-/m1/s1. The lowest BCUT2D eigenvalue weighted by atomic mass is 10.2. The zero-order valence-electron chi connectivity index (χ0n) is 14.4. The van der Waals surface area contributed by atoms with E-state index in [1.54, 1.807) is 42.1 Å². The molecule has 2 amide bonds. The minimum Gasteiger partial charge on any atom is -0.484 e. The summed E-state index contributed by atoms with van der Waals surface area (Å²) in [5.41, 5.74) is 0.346. The molecule has 2 N–H and O–H groups in total. The van der Waals surface area contributed by atoms with Crippen molar-refractivity contribution in [1.82, 2.24) is 5.32 Å². The molecule has 0 aliphatic rings. The van der Waals surface area contributed by atoms with E-state index < -0.39 is 23.7 Å². The molecule has 0 saturated heterocycles. The Kier molecular flexibility index (Phi) is 7.95. The molecule has 2 rings (SSSR count). The van der Waals surface area contributed by atoms with E-state index in [-0.39, 0.29) is 6.61 Å². The van der Waals surface area contributed by atoms with Gasteiger partial charge >= 0.3 is 0 Å². The molecule has 0 fully saturated rings. The summed E-state index contributed by atoms with van der Waals surface area (Å²) in [6.07, 6.45) is 2.38. The maximum atomic E-state index is 13.3. The molecule has 7 heteroatoms. The van der Waals surface area contributed by atoms with Gasteiger partial charge in [0.2, 0.25) is 5.91 Å². The SMILES string of the molecule is CSCC[C@@H](NC(=O)COc1ccccc1)C(=O)Nc1cccc(F)c1. The van der Waals surface area contributed by atoms with Crippen molar-refractivity contribution in [2.24, 2.45) is 0 Å². The maximum Gasteiger partial charge on any atom is 0.258 e. The second-order valence-electron chi connectivity index (χ2n) is 5.50. The first kappa shape index (κ1) is 19.8. The van der Waals surface area contributed by atoms with Gasteiger partial charge < -0.3 is 15.4 Å². The summed E-state index contributed by atoms with van der Waals surface area (Å²) in [4.78, 5) is 24.6. The highest BCUT2D eigenvalue weighted by molar-refractivity contribution is 7.98. The number of anilines is 1. The van der Waals surface area contributed by atoms with Gasteiger partial charge in [0.1, 0.15) is 17.6 Å². The molecule has 1 atom stereocenters. The zero-order valence-corrected chi connectivity index (χ0v) is 15.2. The number of benzene rings is 2. The summed E-state index contributed by atoms with van der Waals surface area (Å²) in [6.45, 7) is -0.187. The molecular weight excluding hydrogens is 355 g/mol. The van der Waals surface area contributed by atoms with Crippen molar-refractivity contribution in [3.05, 3.63) is 60.4 Å². The Morgan fingerprint density at radius 2 is 1.92 bits per heavy atom. The number of hydrogen-bond donors (Lipinski definition) is 2. The van der Waals surface area contributed by atoms with Crippen LogP contribution in [0.2, 0.25) is 0 Å². The molecule has 2 aromatic carbocycles. The molecule has 0 aliphatic heterocycles. The number of nitrogens with one attached hydrogen (secondary N) is 2. The van der Waals surface area contributed by atoms with Crippen molar-refractivity contribution < 1.29 is 18.7 Å². The molecular formula is C19H21FN2O3S. The van der Waals surface area contributed by atoms with Crippen LogP contribution in [-0.2, 0) is 9.59 Å². The Labute approximate surface area is 156 Å². The fourth-order valence-corrected chi connectivity index (χ4v) is 2.67. The van der Waals surface area contributed by atoms with Gasteiger partial charge in [0, 0.05) is 5.69 Å². The van der Waals surface area contributed by atoms with Crippen LogP contribution in [0.3, 0.4) is 0 Å². The van der Waals surface area contributed by atoms with E-state index >= 15 is 0 Å². The molecule has 0 bridgehead atoms. The highest BCUT2D eigenvalue weighted by Gasteiger charge is 2.21. The van der Waals surface area contributed by atoms with Crippen molar-refractivity contribution >= 4 is 29.3 Å². The lowest BCUT2D eigenvalue weighted by Gasteiger charge is -2.18. The van der Waals surface area contributed by atoms with Crippen LogP contribution < -0.4 is 15.4 Å². The summed E-state index contributed by atoms with van der Waals surface area (Å²) in [7, 11) is 0. The zero-order chi connectivity index (χ0) is 18.8. The molecule has 0 spiro atoms. The van der Waals surface area contributed by atoms with E-state index in [0.717, 1.165) is 0 Å². The number of thioether (sulfide) groups is 1. The van der Waals surface area contributed by atoms with Gasteiger partial charge in [-0.3, -0.25) is 9.59 Å². The number of carbonyl (C=O) groups is 2. The highest BCUT2D eigenvalue weighted by atomic mass is 32.2. The van der Waals surface area contributed by atoms with E-state index in [1.165, 1.54) is 18.2 Å². The van der Waals surface area contributed by atoms with Crippen LogP contribution in [0.4, 0.5) is 10.1 Å². The molecule has 0 aliphatic carbocycles.